The van der Waals surface area contributed by atoms with Crippen molar-refractivity contribution in [1.82, 2.24) is 14.8 Å². The highest BCUT2D eigenvalue weighted by Gasteiger charge is 2.26. The van der Waals surface area contributed by atoms with Crippen LogP contribution in [0.5, 0.6) is 0 Å². The van der Waals surface area contributed by atoms with Crippen molar-refractivity contribution in [3.05, 3.63) is 35.7 Å². The van der Waals surface area contributed by atoms with E-state index >= 15 is 0 Å². The molecule has 1 aromatic heterocycles. The number of hydrogen-bond donors (Lipinski definition) is 2. The normalized spacial score (nSPS) is 13.1. The van der Waals surface area contributed by atoms with E-state index in [9.17, 15) is 9.59 Å². The molecule has 0 fully saturated rings. The Morgan fingerprint density at radius 3 is 2.86 bits per heavy atom. The molecule has 1 aliphatic heterocycles. The number of benzene rings is 1. The molecular formula is C13H13N5O3. The lowest BCUT2D eigenvalue weighted by atomic mass is 10.1. The molecule has 0 saturated heterocycles. The summed E-state index contributed by atoms with van der Waals surface area (Å²) in [5.74, 6) is -0.615. The Balaban J connectivity index is 1.82. The third-order valence-electron chi connectivity index (χ3n) is 3.40. The van der Waals surface area contributed by atoms with Crippen molar-refractivity contribution in [3.8, 4) is 0 Å². The molecule has 2 N–H and O–H groups in total. The van der Waals surface area contributed by atoms with Crippen LogP contribution in [0.2, 0.25) is 0 Å². The molecule has 1 aliphatic rings. The summed E-state index contributed by atoms with van der Waals surface area (Å²) < 4.78 is 1.46. The van der Waals surface area contributed by atoms with Gasteiger partial charge in [0, 0.05) is 19.3 Å². The van der Waals surface area contributed by atoms with Crippen LogP contribution in [0, 0.1) is 0 Å². The molecule has 8 heteroatoms. The summed E-state index contributed by atoms with van der Waals surface area (Å²) in [6.45, 7) is 0.502. The smallest absolute Gasteiger partial charge is 0.335 e. The highest BCUT2D eigenvalue weighted by Crippen LogP contribution is 2.29. The lowest BCUT2D eigenvalue weighted by molar-refractivity contribution is 0.0697. The summed E-state index contributed by atoms with van der Waals surface area (Å²) in [5, 5.41) is 15.5. The zero-order valence-electron chi connectivity index (χ0n) is 11.3. The third-order valence-corrected chi connectivity index (χ3v) is 3.40. The number of fused-ring (bicyclic) bond motifs is 1. The number of hydrogen-bond acceptors (Lipinski definition) is 4. The minimum atomic E-state index is -0.972. The van der Waals surface area contributed by atoms with Crippen LogP contribution in [0.4, 0.5) is 16.4 Å². The van der Waals surface area contributed by atoms with Crippen molar-refractivity contribution in [2.24, 2.45) is 7.05 Å². The van der Waals surface area contributed by atoms with Gasteiger partial charge in [0.15, 0.2) is 0 Å². The fourth-order valence-electron chi connectivity index (χ4n) is 2.32. The quantitative estimate of drug-likeness (QED) is 0.861. The van der Waals surface area contributed by atoms with Gasteiger partial charge in [-0.15, -0.1) is 0 Å². The first kappa shape index (κ1) is 13.1. The second kappa shape index (κ2) is 4.89. The van der Waals surface area contributed by atoms with Gasteiger partial charge < -0.3 is 5.11 Å². The van der Waals surface area contributed by atoms with E-state index in [2.05, 4.69) is 15.4 Å². The average molecular weight is 287 g/mol. The Morgan fingerprint density at radius 1 is 1.38 bits per heavy atom. The van der Waals surface area contributed by atoms with E-state index < -0.39 is 5.97 Å². The van der Waals surface area contributed by atoms with Crippen LogP contribution in [-0.4, -0.2) is 38.4 Å². The molecule has 1 aromatic carbocycles. The maximum atomic E-state index is 12.3. The Morgan fingerprint density at radius 2 is 2.19 bits per heavy atom. The van der Waals surface area contributed by atoms with E-state index in [1.807, 2.05) is 0 Å². The number of nitrogens with one attached hydrogen (secondary N) is 1. The first-order valence-corrected chi connectivity index (χ1v) is 6.35. The molecule has 8 nitrogen and oxygen atoms in total. The zero-order chi connectivity index (χ0) is 15.0. The van der Waals surface area contributed by atoms with Crippen LogP contribution < -0.4 is 10.2 Å². The van der Waals surface area contributed by atoms with Crippen molar-refractivity contribution >= 4 is 23.6 Å². The monoisotopic (exact) mass is 287 g/mol. The van der Waals surface area contributed by atoms with Gasteiger partial charge in [0.2, 0.25) is 5.95 Å². The second-order valence-corrected chi connectivity index (χ2v) is 4.69. The Labute approximate surface area is 120 Å². The van der Waals surface area contributed by atoms with E-state index in [1.54, 1.807) is 24.1 Å². The zero-order valence-corrected chi connectivity index (χ0v) is 11.3. The van der Waals surface area contributed by atoms with Crippen molar-refractivity contribution in [3.63, 3.8) is 0 Å². The van der Waals surface area contributed by atoms with Crippen LogP contribution >= 0.6 is 0 Å². The average Bonchev–Trinajstić information content (AvgIpc) is 3.04. The van der Waals surface area contributed by atoms with E-state index in [1.165, 1.54) is 17.1 Å². The topological polar surface area (TPSA) is 100 Å². The Hall–Kier alpha value is -2.90. The predicted molar refractivity (Wildman–Crippen MR) is 74.5 cm³/mol. The molecule has 2 aromatic rings. The number of amides is 2. The fourth-order valence-corrected chi connectivity index (χ4v) is 2.32. The number of carboxylic acids is 1. The van der Waals surface area contributed by atoms with Gasteiger partial charge >= 0.3 is 12.0 Å². The van der Waals surface area contributed by atoms with E-state index in [-0.39, 0.29) is 11.6 Å². The number of carboxylic acid groups (broad SMARTS) is 1. The summed E-state index contributed by atoms with van der Waals surface area (Å²) in [5.41, 5.74) is 1.80. The van der Waals surface area contributed by atoms with Gasteiger partial charge in [0.1, 0.15) is 6.33 Å². The van der Waals surface area contributed by atoms with Crippen molar-refractivity contribution in [1.29, 1.82) is 0 Å². The molecule has 0 atom stereocenters. The van der Waals surface area contributed by atoms with Gasteiger partial charge in [-0.2, -0.15) is 10.1 Å². The predicted octanol–water partition coefficient (Wildman–Crippen LogP) is 1.11. The maximum absolute atomic E-state index is 12.3. The third kappa shape index (κ3) is 2.31. The molecule has 2 heterocycles. The molecule has 0 aliphatic carbocycles. The highest BCUT2D eigenvalue weighted by atomic mass is 16.4. The van der Waals surface area contributed by atoms with Gasteiger partial charge in [-0.25, -0.2) is 14.3 Å². The van der Waals surface area contributed by atoms with Gasteiger partial charge in [-0.1, -0.05) is 0 Å². The van der Waals surface area contributed by atoms with Gasteiger partial charge in [0.25, 0.3) is 0 Å². The number of carbonyl (C=O) groups is 2. The number of aryl methyl sites for hydroxylation is 1. The minimum Gasteiger partial charge on any atom is -0.478 e. The number of aromatic carboxylic acids is 1. The van der Waals surface area contributed by atoms with Crippen LogP contribution in [0.3, 0.4) is 0 Å². The fraction of sp³-hybridized carbons (Fsp3) is 0.231. The number of carbonyl (C=O) groups excluding carboxylic acids is 1. The summed E-state index contributed by atoms with van der Waals surface area (Å²) in [7, 11) is 1.68. The maximum Gasteiger partial charge on any atom is 0.335 e. The van der Waals surface area contributed by atoms with Gasteiger partial charge in [-0.3, -0.25) is 10.2 Å². The van der Waals surface area contributed by atoms with E-state index in [0.29, 0.717) is 18.9 Å². The molecule has 0 radical (unpaired) electrons. The molecular weight excluding hydrogens is 274 g/mol. The van der Waals surface area contributed by atoms with Crippen LogP contribution in [-0.2, 0) is 13.5 Å². The standard InChI is InChI=1S/C13H13N5O3/c1-17-12(14-7-15-17)16-13(21)18-5-4-8-6-9(11(19)20)2-3-10(8)18/h2-3,6-7H,4-5H2,1H3,(H,19,20)(H,14,15,16,21). The molecule has 0 spiro atoms. The molecule has 21 heavy (non-hydrogen) atoms. The minimum absolute atomic E-state index is 0.226. The number of urea groups is 1. The summed E-state index contributed by atoms with van der Waals surface area (Å²) >= 11 is 0. The first-order chi connectivity index (χ1) is 10.1. The number of anilines is 2. The molecule has 2 amide bonds. The largest absolute Gasteiger partial charge is 0.478 e. The van der Waals surface area contributed by atoms with E-state index in [4.69, 9.17) is 5.11 Å². The first-order valence-electron chi connectivity index (χ1n) is 6.35. The van der Waals surface area contributed by atoms with Crippen molar-refractivity contribution in [2.45, 2.75) is 6.42 Å². The highest BCUT2D eigenvalue weighted by molar-refractivity contribution is 6.02. The number of rotatable bonds is 2. The lowest BCUT2D eigenvalue weighted by Crippen LogP contribution is -2.34. The second-order valence-electron chi connectivity index (χ2n) is 4.69. The molecule has 108 valence electrons. The lowest BCUT2D eigenvalue weighted by Gasteiger charge is -2.17. The van der Waals surface area contributed by atoms with Crippen LogP contribution in [0.15, 0.2) is 24.5 Å². The van der Waals surface area contributed by atoms with Gasteiger partial charge in [-0.05, 0) is 30.2 Å². The Kier molecular flexibility index (Phi) is 3.05. The van der Waals surface area contributed by atoms with Gasteiger partial charge in [0.05, 0.1) is 5.56 Å². The molecule has 0 unspecified atom stereocenters. The van der Waals surface area contributed by atoms with Crippen molar-refractivity contribution in [2.75, 3.05) is 16.8 Å². The summed E-state index contributed by atoms with van der Waals surface area (Å²) in [6, 6.07) is 4.44. The Bertz CT molecular complexity index is 724. The number of aromatic nitrogens is 3. The molecule has 0 saturated carbocycles. The van der Waals surface area contributed by atoms with Crippen LogP contribution in [0.25, 0.3) is 0 Å². The van der Waals surface area contributed by atoms with E-state index in [0.717, 1.165) is 11.3 Å². The summed E-state index contributed by atoms with van der Waals surface area (Å²) in [4.78, 5) is 28.7. The SMILES string of the molecule is Cn1ncnc1NC(=O)N1CCc2cc(C(=O)O)ccc21. The van der Waals surface area contributed by atoms with Crippen molar-refractivity contribution < 1.29 is 14.7 Å². The van der Waals surface area contributed by atoms with Crippen LogP contribution in [0.1, 0.15) is 15.9 Å². The molecule has 0 bridgehead atoms. The summed E-state index contributed by atoms with van der Waals surface area (Å²) in [6.07, 6.45) is 1.98. The molecule has 3 rings (SSSR count). The number of nitrogens with zero attached hydrogens (tertiary/aromatic N) is 4.